The van der Waals surface area contributed by atoms with Gasteiger partial charge >= 0.3 is 7.54 Å². The van der Waals surface area contributed by atoms with Crippen LogP contribution in [0.1, 0.15) is 11.1 Å². The maximum atomic E-state index is 13.4. The van der Waals surface area contributed by atoms with Crippen LogP contribution in [0, 0.1) is 11.6 Å². The van der Waals surface area contributed by atoms with Crippen molar-refractivity contribution >= 4 is 24.6 Å². The summed E-state index contributed by atoms with van der Waals surface area (Å²) >= 11 is 0. The Morgan fingerprint density at radius 2 is 1.21 bits per heavy atom. The third-order valence-corrected chi connectivity index (χ3v) is 5.19. The summed E-state index contributed by atoms with van der Waals surface area (Å²) in [6.07, 6.45) is 19.8. The van der Waals surface area contributed by atoms with E-state index in [-0.39, 0.29) is 16.3 Å². The molecule has 0 saturated heterocycles. The number of allylic oxidation sites excluding steroid dienone is 12. The molecule has 0 unspecified atom stereocenters. The van der Waals surface area contributed by atoms with Crippen molar-refractivity contribution in [3.05, 3.63) is 143 Å². The zero-order chi connectivity index (χ0) is 26.8. The summed E-state index contributed by atoms with van der Waals surface area (Å²) in [5.74, 6) is 0.628. The summed E-state index contributed by atoms with van der Waals surface area (Å²) in [5, 5.41) is 0. The molecule has 196 valence electrons. The van der Waals surface area contributed by atoms with E-state index in [2.05, 4.69) is 28.9 Å². The largest absolute Gasteiger partial charge is 1.00 e. The van der Waals surface area contributed by atoms with Crippen LogP contribution >= 0.6 is 0 Å². The first-order valence-corrected chi connectivity index (χ1v) is 11.3. The lowest BCUT2D eigenvalue weighted by Crippen LogP contribution is -3.00. The van der Waals surface area contributed by atoms with Crippen LogP contribution in [-0.4, -0.2) is 31.9 Å². The van der Waals surface area contributed by atoms with Crippen LogP contribution < -0.4 is 4.70 Å². The summed E-state index contributed by atoms with van der Waals surface area (Å²) in [5.41, 5.74) is 4.73. The predicted octanol–water partition coefficient (Wildman–Crippen LogP) is 4.51. The number of benzene rings is 2. The minimum absolute atomic E-state index is 0. The zero-order valence-corrected chi connectivity index (χ0v) is 20.6. The highest BCUT2D eigenvalue weighted by Gasteiger charge is 2.14. The van der Waals surface area contributed by atoms with Gasteiger partial charge in [-0.05, 0) is 83.5 Å². The second kappa shape index (κ2) is 14.5. The van der Waals surface area contributed by atoms with E-state index in [0.717, 1.165) is 28.0 Å². The van der Waals surface area contributed by atoms with Crippen LogP contribution in [0.4, 0.5) is 21.7 Å². The van der Waals surface area contributed by atoms with Gasteiger partial charge in [-0.15, -0.1) is 0 Å². The summed E-state index contributed by atoms with van der Waals surface area (Å²) in [4.78, 5) is 0. The van der Waals surface area contributed by atoms with E-state index in [0.29, 0.717) is 11.5 Å². The lowest BCUT2D eigenvalue weighted by molar-refractivity contribution is -0.462. The molecule has 2 aromatic rings. The average Bonchev–Trinajstić information content (AvgIpc) is 2.87. The van der Waals surface area contributed by atoms with Gasteiger partial charge in [0.1, 0.15) is 37.2 Å². The highest BCUT2D eigenvalue weighted by Crippen LogP contribution is 2.32. The number of halogens is 6. The van der Waals surface area contributed by atoms with Crippen molar-refractivity contribution in [2.24, 2.45) is 0 Å². The van der Waals surface area contributed by atoms with Crippen LogP contribution in [0.3, 0.4) is 0 Å². The van der Waals surface area contributed by atoms with Gasteiger partial charge in [-0.25, -0.2) is 13.4 Å². The summed E-state index contributed by atoms with van der Waals surface area (Å²) in [6.45, 7) is 0. The van der Waals surface area contributed by atoms with Crippen molar-refractivity contribution in [1.29, 1.82) is 0 Å². The normalized spacial score (nSPS) is 15.2. The summed E-state index contributed by atoms with van der Waals surface area (Å²) in [7, 11) is 0.356. The third-order valence-electron chi connectivity index (χ3n) is 5.19. The standard InChI is InChI=1S/C29H24F2NO.BF3.FH/c1-32(2)27-17-7-21(8-18-27)5-3-4-6-28-19-24(22-9-13-25(30)14-10-22)20-29(33-28)23-11-15-26(31)16-12-23;2-1(3)4;/h3-20H,1-2H3;;1H/q+1;;/p-1. The van der Waals surface area contributed by atoms with Gasteiger partial charge in [-0.3, -0.25) is 12.9 Å². The van der Waals surface area contributed by atoms with Crippen LogP contribution in [0.25, 0.3) is 11.3 Å². The molecule has 0 saturated carbocycles. The predicted molar refractivity (Wildman–Crippen MR) is 140 cm³/mol. The number of hydrogen-bond donors (Lipinski definition) is 0. The molecule has 0 atom stereocenters. The van der Waals surface area contributed by atoms with Crippen LogP contribution in [-0.2, 0) is 4.74 Å². The van der Waals surface area contributed by atoms with E-state index in [9.17, 15) is 21.7 Å². The van der Waals surface area contributed by atoms with Crippen molar-refractivity contribution < 1.29 is 35.7 Å². The fraction of sp³-hybridized carbons (Fsp3) is 0.0690. The maximum Gasteiger partial charge on any atom is 0.762 e. The highest BCUT2D eigenvalue weighted by molar-refractivity contribution is 6.33. The van der Waals surface area contributed by atoms with Gasteiger partial charge in [0.05, 0.1) is 0 Å². The van der Waals surface area contributed by atoms with Gasteiger partial charge in [0, 0.05) is 17.7 Å². The maximum absolute atomic E-state index is 13.4. The molecular formula is C29H24BF6NO. The molecule has 0 aromatic heterocycles. The Kier molecular flexibility index (Phi) is 11.4. The van der Waals surface area contributed by atoms with Gasteiger partial charge in [0.2, 0.25) is 0 Å². The molecule has 38 heavy (non-hydrogen) atoms. The number of nitrogens with zero attached hydrogens (tertiary/aromatic N) is 1. The quantitative estimate of drug-likeness (QED) is 0.324. The monoisotopic (exact) mass is 527 g/mol. The molecule has 0 amide bonds. The fourth-order valence-corrected chi connectivity index (χ4v) is 3.37. The Morgan fingerprint density at radius 3 is 1.74 bits per heavy atom. The summed E-state index contributed by atoms with van der Waals surface area (Å²) in [6, 6.07) is 12.5. The van der Waals surface area contributed by atoms with Crippen molar-refractivity contribution in [3.8, 4) is 0 Å². The molecule has 0 bridgehead atoms. The molecule has 0 N–H and O–H groups in total. The number of hydrogen-bond acceptors (Lipinski definition) is 1. The number of rotatable bonds is 4. The Bertz CT molecular complexity index is 1320. The lowest BCUT2D eigenvalue weighted by atomic mass is 10.0. The van der Waals surface area contributed by atoms with Gasteiger partial charge in [0.25, 0.3) is 0 Å². The van der Waals surface area contributed by atoms with Crippen molar-refractivity contribution in [3.63, 3.8) is 0 Å². The van der Waals surface area contributed by atoms with Gasteiger partial charge in [-0.1, -0.05) is 30.4 Å². The molecular weight excluding hydrogens is 503 g/mol. The van der Waals surface area contributed by atoms with Gasteiger partial charge < -0.3 is 9.44 Å². The molecule has 0 radical (unpaired) electrons. The van der Waals surface area contributed by atoms with Crippen LogP contribution in [0.2, 0.25) is 0 Å². The van der Waals surface area contributed by atoms with E-state index in [4.69, 9.17) is 4.74 Å². The first kappa shape index (κ1) is 30.0. The first-order chi connectivity index (χ1) is 17.7. The topological polar surface area (TPSA) is 12.2 Å². The Balaban J connectivity index is 0.000000947. The van der Waals surface area contributed by atoms with E-state index in [1.54, 1.807) is 24.3 Å². The fourth-order valence-electron chi connectivity index (χ4n) is 3.37. The molecule has 2 nitrogen and oxygen atoms in total. The van der Waals surface area contributed by atoms with E-state index < -0.39 is 7.54 Å². The SMILES string of the molecule is C[N+](C)=C1C=CC(=CC=CC=C2C=C(c3ccc(F)cc3)C=C(c3ccc(F)cc3)O2)C=C1.FB(F)F.[F-]. The van der Waals surface area contributed by atoms with E-state index >= 15 is 0 Å². The lowest BCUT2D eigenvalue weighted by Gasteiger charge is -2.18. The molecule has 1 aliphatic carbocycles. The molecule has 2 aromatic carbocycles. The van der Waals surface area contributed by atoms with Crippen molar-refractivity contribution in [2.75, 3.05) is 14.1 Å². The minimum Gasteiger partial charge on any atom is -1.00 e. The Labute approximate surface area is 218 Å². The molecule has 4 rings (SSSR count). The minimum atomic E-state index is -3.67. The van der Waals surface area contributed by atoms with Crippen LogP contribution in [0.5, 0.6) is 0 Å². The third kappa shape index (κ3) is 9.31. The van der Waals surface area contributed by atoms with Gasteiger partial charge in [0.15, 0.2) is 5.71 Å². The Morgan fingerprint density at radius 1 is 0.711 bits per heavy atom. The first-order valence-electron chi connectivity index (χ1n) is 11.3. The zero-order valence-electron chi connectivity index (χ0n) is 20.6. The Hall–Kier alpha value is -4.27. The molecule has 1 heterocycles. The average molecular weight is 527 g/mol. The van der Waals surface area contributed by atoms with Crippen molar-refractivity contribution in [1.82, 2.24) is 0 Å². The smallest absolute Gasteiger partial charge is 0.762 e. The van der Waals surface area contributed by atoms with Gasteiger partial charge in [-0.2, -0.15) is 0 Å². The van der Waals surface area contributed by atoms with Crippen LogP contribution in [0.15, 0.2) is 121 Å². The molecule has 0 spiro atoms. The highest BCUT2D eigenvalue weighted by atomic mass is 19.4. The second-order valence-electron chi connectivity index (χ2n) is 8.08. The molecule has 1 aliphatic heterocycles. The summed E-state index contributed by atoms with van der Waals surface area (Å²) < 4.78 is 63.9. The molecule has 2 aliphatic rings. The van der Waals surface area contributed by atoms with E-state index in [1.807, 2.05) is 50.6 Å². The number of ether oxygens (including phenoxy) is 1. The molecule has 9 heteroatoms. The molecule has 0 fully saturated rings. The second-order valence-corrected chi connectivity index (χ2v) is 8.08. The van der Waals surface area contributed by atoms with Crippen molar-refractivity contribution in [2.45, 2.75) is 0 Å². The van der Waals surface area contributed by atoms with E-state index in [1.165, 1.54) is 24.3 Å².